The summed E-state index contributed by atoms with van der Waals surface area (Å²) < 4.78 is 24.3. The van der Waals surface area contributed by atoms with Gasteiger partial charge in [0.05, 0.1) is 12.8 Å². The van der Waals surface area contributed by atoms with E-state index in [4.69, 9.17) is 14.3 Å². The van der Waals surface area contributed by atoms with Crippen molar-refractivity contribution in [3.05, 3.63) is 47.1 Å². The number of ether oxygens (including phenoxy) is 1. The van der Waals surface area contributed by atoms with Gasteiger partial charge < -0.3 is 19.5 Å². The molecule has 0 radical (unpaired) electrons. The van der Waals surface area contributed by atoms with E-state index in [1.54, 1.807) is 12.1 Å². The number of hydrogen-bond donors (Lipinski definition) is 1. The van der Waals surface area contributed by atoms with Gasteiger partial charge in [-0.2, -0.15) is 0 Å². The number of nitrogens with one attached hydrogen (secondary N) is 1. The molecular weight excluding hydrogens is 385 g/mol. The Kier molecular flexibility index (Phi) is 7.68. The van der Waals surface area contributed by atoms with E-state index in [-0.39, 0.29) is 11.6 Å². The number of guanidine groups is 1. The molecule has 8 heteroatoms. The maximum Gasteiger partial charge on any atom is 0.194 e. The standard InChI is InChI=1S/C22H32FN5O2/c1-5-24-22(25-14-18-13-20(16(2)3)26-30-18)28-10-8-27(9-11-28)15-17-6-7-21(29-4)19(23)12-17/h6-7,12-13,16H,5,8-11,14-15H2,1-4H3,(H,24,25). The lowest BCUT2D eigenvalue weighted by atomic mass is 10.1. The van der Waals surface area contributed by atoms with Crippen molar-refractivity contribution in [3.8, 4) is 5.75 Å². The first-order valence-electron chi connectivity index (χ1n) is 10.5. The van der Waals surface area contributed by atoms with Gasteiger partial charge in [-0.1, -0.05) is 25.1 Å². The van der Waals surface area contributed by atoms with Crippen molar-refractivity contribution in [2.24, 2.45) is 4.99 Å². The van der Waals surface area contributed by atoms with E-state index in [0.717, 1.165) is 62.2 Å². The Morgan fingerprint density at radius 3 is 2.63 bits per heavy atom. The smallest absolute Gasteiger partial charge is 0.194 e. The number of rotatable bonds is 7. The molecule has 0 amide bonds. The second-order valence-electron chi connectivity index (χ2n) is 7.78. The van der Waals surface area contributed by atoms with Crippen LogP contribution in [-0.4, -0.2) is 60.7 Å². The number of hydrogen-bond acceptors (Lipinski definition) is 5. The summed E-state index contributed by atoms with van der Waals surface area (Å²) >= 11 is 0. The van der Waals surface area contributed by atoms with Crippen molar-refractivity contribution in [1.82, 2.24) is 20.3 Å². The van der Waals surface area contributed by atoms with Gasteiger partial charge in [-0.25, -0.2) is 9.38 Å². The Morgan fingerprint density at radius 2 is 2.03 bits per heavy atom. The van der Waals surface area contributed by atoms with Crippen LogP contribution in [0.1, 0.15) is 43.7 Å². The zero-order chi connectivity index (χ0) is 21.5. The minimum atomic E-state index is -0.316. The highest BCUT2D eigenvalue weighted by Crippen LogP contribution is 2.19. The van der Waals surface area contributed by atoms with E-state index < -0.39 is 0 Å². The van der Waals surface area contributed by atoms with Crippen LogP contribution in [0, 0.1) is 5.82 Å². The maximum atomic E-state index is 13.9. The third kappa shape index (κ3) is 5.72. The monoisotopic (exact) mass is 417 g/mol. The van der Waals surface area contributed by atoms with E-state index in [1.165, 1.54) is 7.11 Å². The number of methoxy groups -OCH3 is 1. The summed E-state index contributed by atoms with van der Waals surface area (Å²) in [6.07, 6.45) is 0. The molecule has 0 atom stereocenters. The lowest BCUT2D eigenvalue weighted by Gasteiger charge is -2.36. The van der Waals surface area contributed by atoms with Gasteiger partial charge in [0.15, 0.2) is 23.3 Å². The molecule has 1 saturated heterocycles. The predicted octanol–water partition coefficient (Wildman–Crippen LogP) is 3.23. The van der Waals surface area contributed by atoms with Crippen molar-refractivity contribution in [1.29, 1.82) is 0 Å². The van der Waals surface area contributed by atoms with Crippen LogP contribution in [0.3, 0.4) is 0 Å². The second kappa shape index (κ2) is 10.4. The van der Waals surface area contributed by atoms with E-state index in [9.17, 15) is 4.39 Å². The predicted molar refractivity (Wildman–Crippen MR) is 115 cm³/mol. The van der Waals surface area contributed by atoms with Crippen LogP contribution in [-0.2, 0) is 13.1 Å². The molecule has 1 aromatic carbocycles. The summed E-state index contributed by atoms with van der Waals surface area (Å²) in [5.74, 6) is 1.96. The van der Waals surface area contributed by atoms with Crippen LogP contribution in [0.5, 0.6) is 5.75 Å². The highest BCUT2D eigenvalue weighted by atomic mass is 19.1. The molecule has 0 saturated carbocycles. The van der Waals surface area contributed by atoms with Crippen molar-refractivity contribution in [2.45, 2.75) is 39.8 Å². The summed E-state index contributed by atoms with van der Waals surface area (Å²) in [4.78, 5) is 9.32. The summed E-state index contributed by atoms with van der Waals surface area (Å²) in [5, 5.41) is 7.47. The lowest BCUT2D eigenvalue weighted by molar-refractivity contribution is 0.172. The van der Waals surface area contributed by atoms with Crippen LogP contribution in [0.2, 0.25) is 0 Å². The molecule has 1 aromatic heterocycles. The normalized spacial score (nSPS) is 15.7. The van der Waals surface area contributed by atoms with Crippen molar-refractivity contribution in [3.63, 3.8) is 0 Å². The van der Waals surface area contributed by atoms with Gasteiger partial charge in [0.25, 0.3) is 0 Å². The molecule has 2 heterocycles. The van der Waals surface area contributed by atoms with Crippen molar-refractivity contribution < 1.29 is 13.7 Å². The third-order valence-electron chi connectivity index (χ3n) is 5.18. The van der Waals surface area contributed by atoms with Gasteiger partial charge in [-0.05, 0) is 30.5 Å². The Labute approximate surface area is 177 Å². The maximum absolute atomic E-state index is 13.9. The molecule has 0 bridgehead atoms. The molecule has 1 N–H and O–H groups in total. The van der Waals surface area contributed by atoms with Crippen LogP contribution in [0.4, 0.5) is 4.39 Å². The zero-order valence-electron chi connectivity index (χ0n) is 18.3. The summed E-state index contributed by atoms with van der Waals surface area (Å²) in [7, 11) is 1.48. The zero-order valence-corrected chi connectivity index (χ0v) is 18.3. The summed E-state index contributed by atoms with van der Waals surface area (Å²) in [6, 6.07) is 7.14. The first-order chi connectivity index (χ1) is 14.5. The molecule has 30 heavy (non-hydrogen) atoms. The average Bonchev–Trinajstić information content (AvgIpc) is 3.21. The Bertz CT molecular complexity index is 844. The van der Waals surface area contributed by atoms with E-state index in [2.05, 4.69) is 41.0 Å². The van der Waals surface area contributed by atoms with E-state index in [1.807, 2.05) is 12.1 Å². The summed E-state index contributed by atoms with van der Waals surface area (Å²) in [5.41, 5.74) is 1.90. The molecule has 1 aliphatic heterocycles. The van der Waals surface area contributed by atoms with Crippen LogP contribution < -0.4 is 10.1 Å². The van der Waals surface area contributed by atoms with Crippen LogP contribution in [0.15, 0.2) is 33.8 Å². The topological polar surface area (TPSA) is 66.1 Å². The lowest BCUT2D eigenvalue weighted by Crippen LogP contribution is -2.52. The molecule has 0 spiro atoms. The average molecular weight is 418 g/mol. The second-order valence-corrected chi connectivity index (χ2v) is 7.78. The molecule has 1 aliphatic rings. The van der Waals surface area contributed by atoms with Crippen LogP contribution >= 0.6 is 0 Å². The Balaban J connectivity index is 1.56. The first-order valence-corrected chi connectivity index (χ1v) is 10.5. The van der Waals surface area contributed by atoms with Gasteiger partial charge in [0.1, 0.15) is 6.54 Å². The van der Waals surface area contributed by atoms with E-state index in [0.29, 0.717) is 12.5 Å². The molecular formula is C22H32FN5O2. The van der Waals surface area contributed by atoms with Crippen LogP contribution in [0.25, 0.3) is 0 Å². The highest BCUT2D eigenvalue weighted by Gasteiger charge is 2.20. The molecule has 0 unspecified atom stereocenters. The third-order valence-corrected chi connectivity index (χ3v) is 5.18. The Morgan fingerprint density at radius 1 is 1.27 bits per heavy atom. The van der Waals surface area contributed by atoms with Gasteiger partial charge in [-0.3, -0.25) is 4.90 Å². The molecule has 7 nitrogen and oxygen atoms in total. The summed E-state index contributed by atoms with van der Waals surface area (Å²) in [6.45, 7) is 11.7. The minimum Gasteiger partial charge on any atom is -0.494 e. The number of nitrogens with zero attached hydrogens (tertiary/aromatic N) is 4. The first kappa shape index (κ1) is 22.1. The molecule has 0 aliphatic carbocycles. The van der Waals surface area contributed by atoms with Gasteiger partial charge in [-0.15, -0.1) is 0 Å². The number of benzene rings is 1. The van der Waals surface area contributed by atoms with Gasteiger partial charge >= 0.3 is 0 Å². The molecule has 3 rings (SSSR count). The van der Waals surface area contributed by atoms with E-state index >= 15 is 0 Å². The number of halogens is 1. The van der Waals surface area contributed by atoms with Gasteiger partial charge in [0.2, 0.25) is 0 Å². The SMILES string of the molecule is CCNC(=NCc1cc(C(C)C)no1)N1CCN(Cc2ccc(OC)c(F)c2)CC1. The minimum absolute atomic E-state index is 0.280. The fourth-order valence-electron chi connectivity index (χ4n) is 3.44. The van der Waals surface area contributed by atoms with Gasteiger partial charge in [0, 0.05) is 45.3 Å². The van der Waals surface area contributed by atoms with Crippen molar-refractivity contribution >= 4 is 5.96 Å². The fourth-order valence-corrected chi connectivity index (χ4v) is 3.44. The highest BCUT2D eigenvalue weighted by molar-refractivity contribution is 5.80. The quantitative estimate of drug-likeness (QED) is 0.551. The largest absolute Gasteiger partial charge is 0.494 e. The van der Waals surface area contributed by atoms with Crippen molar-refractivity contribution in [2.75, 3.05) is 39.8 Å². The molecule has 2 aromatic rings. The number of aromatic nitrogens is 1. The molecule has 164 valence electrons. The fraction of sp³-hybridized carbons (Fsp3) is 0.545. The Hall–Kier alpha value is -2.61. The molecule has 1 fully saturated rings. The number of piperazine rings is 1. The number of aliphatic imine (C=N–C) groups is 1.